The zero-order valence-electron chi connectivity index (χ0n) is 11.5. The molecule has 0 saturated carbocycles. The van der Waals surface area contributed by atoms with E-state index in [9.17, 15) is 4.79 Å². The van der Waals surface area contributed by atoms with Gasteiger partial charge in [-0.25, -0.2) is 0 Å². The number of hydrogen-bond acceptors (Lipinski definition) is 3. The summed E-state index contributed by atoms with van der Waals surface area (Å²) in [7, 11) is 0. The normalized spacial score (nSPS) is 28.2. The van der Waals surface area contributed by atoms with Crippen LogP contribution in [0.3, 0.4) is 0 Å². The summed E-state index contributed by atoms with van der Waals surface area (Å²) >= 11 is 1.61. The molecule has 19 heavy (non-hydrogen) atoms. The lowest BCUT2D eigenvalue weighted by molar-refractivity contribution is 0.0650. The van der Waals surface area contributed by atoms with Crippen molar-refractivity contribution in [1.82, 2.24) is 9.80 Å². The van der Waals surface area contributed by atoms with Crippen LogP contribution in [0, 0.1) is 0 Å². The van der Waals surface area contributed by atoms with Gasteiger partial charge >= 0.3 is 0 Å². The summed E-state index contributed by atoms with van der Waals surface area (Å²) in [5.74, 6) is 0.242. The third-order valence-electron chi connectivity index (χ3n) is 4.59. The standard InChI is InChI=1S/C15H22N2OS/c1-2-16-8-3-5-13(16)14-6-4-9-17(14)15(18)12-7-10-19-11-12/h7,10-11,13-14H,2-6,8-9H2,1H3/t13-,14+/m1/s1. The van der Waals surface area contributed by atoms with Crippen molar-refractivity contribution in [2.45, 2.75) is 44.7 Å². The van der Waals surface area contributed by atoms with Crippen molar-refractivity contribution < 1.29 is 4.79 Å². The maximum Gasteiger partial charge on any atom is 0.255 e. The number of thiophene rings is 1. The lowest BCUT2D eigenvalue weighted by Crippen LogP contribution is -2.48. The summed E-state index contributed by atoms with van der Waals surface area (Å²) < 4.78 is 0. The van der Waals surface area contributed by atoms with Crippen LogP contribution in [0.1, 0.15) is 43.0 Å². The second kappa shape index (κ2) is 5.63. The van der Waals surface area contributed by atoms with Crippen molar-refractivity contribution in [2.75, 3.05) is 19.6 Å². The van der Waals surface area contributed by atoms with Crippen LogP contribution >= 0.6 is 11.3 Å². The molecule has 0 unspecified atom stereocenters. The first kappa shape index (κ1) is 13.1. The molecule has 3 heterocycles. The van der Waals surface area contributed by atoms with Crippen LogP contribution in [-0.4, -0.2) is 47.4 Å². The molecule has 2 saturated heterocycles. The number of likely N-dealkylation sites (tertiary alicyclic amines) is 2. The van der Waals surface area contributed by atoms with E-state index >= 15 is 0 Å². The van der Waals surface area contributed by atoms with Crippen LogP contribution in [0.25, 0.3) is 0 Å². The molecular weight excluding hydrogens is 256 g/mol. The second-order valence-corrected chi connectivity index (χ2v) is 6.34. The Labute approximate surface area is 119 Å². The number of carbonyl (C=O) groups excluding carboxylic acids is 1. The highest BCUT2D eigenvalue weighted by Gasteiger charge is 2.39. The Kier molecular flexibility index (Phi) is 3.89. The van der Waals surface area contributed by atoms with Crippen LogP contribution in [0.4, 0.5) is 0 Å². The van der Waals surface area contributed by atoms with Crippen LogP contribution in [0.2, 0.25) is 0 Å². The van der Waals surface area contributed by atoms with Gasteiger partial charge in [0.25, 0.3) is 5.91 Å². The van der Waals surface area contributed by atoms with E-state index in [2.05, 4.69) is 16.7 Å². The maximum atomic E-state index is 12.6. The van der Waals surface area contributed by atoms with Gasteiger partial charge in [0.15, 0.2) is 0 Å². The van der Waals surface area contributed by atoms with Crippen LogP contribution in [0.15, 0.2) is 16.8 Å². The van der Waals surface area contributed by atoms with Crippen LogP contribution < -0.4 is 0 Å². The van der Waals surface area contributed by atoms with Crippen molar-refractivity contribution >= 4 is 17.2 Å². The lowest BCUT2D eigenvalue weighted by atomic mass is 10.0. The predicted molar refractivity (Wildman–Crippen MR) is 78.6 cm³/mol. The molecule has 0 N–H and O–H groups in total. The number of nitrogens with zero attached hydrogens (tertiary/aromatic N) is 2. The molecular formula is C15H22N2OS. The van der Waals surface area contributed by atoms with Gasteiger partial charge in [-0.1, -0.05) is 6.92 Å². The van der Waals surface area contributed by atoms with E-state index < -0.39 is 0 Å². The Hall–Kier alpha value is -0.870. The Morgan fingerprint density at radius 3 is 2.84 bits per heavy atom. The van der Waals surface area contributed by atoms with Crippen molar-refractivity contribution in [2.24, 2.45) is 0 Å². The summed E-state index contributed by atoms with van der Waals surface area (Å²) in [6, 6.07) is 2.99. The molecule has 1 aromatic heterocycles. The van der Waals surface area contributed by atoms with E-state index in [0.29, 0.717) is 12.1 Å². The number of carbonyl (C=O) groups is 1. The largest absolute Gasteiger partial charge is 0.334 e. The van der Waals surface area contributed by atoms with Crippen molar-refractivity contribution in [3.63, 3.8) is 0 Å². The first-order valence-electron chi connectivity index (χ1n) is 7.38. The van der Waals surface area contributed by atoms with Gasteiger partial charge in [-0.3, -0.25) is 9.69 Å². The zero-order chi connectivity index (χ0) is 13.2. The predicted octanol–water partition coefficient (Wildman–Crippen LogP) is 2.84. The van der Waals surface area contributed by atoms with E-state index in [1.165, 1.54) is 25.8 Å². The summed E-state index contributed by atoms with van der Waals surface area (Å²) in [6.45, 7) is 5.49. The number of amides is 1. The van der Waals surface area contributed by atoms with Crippen LogP contribution in [-0.2, 0) is 0 Å². The molecule has 3 nitrogen and oxygen atoms in total. The summed E-state index contributed by atoms with van der Waals surface area (Å²) in [6.07, 6.45) is 4.88. The molecule has 2 aliphatic rings. The Bertz CT molecular complexity index is 431. The summed E-state index contributed by atoms with van der Waals surface area (Å²) in [4.78, 5) is 17.3. The average molecular weight is 278 g/mol. The Morgan fingerprint density at radius 2 is 2.11 bits per heavy atom. The quantitative estimate of drug-likeness (QED) is 0.849. The van der Waals surface area contributed by atoms with E-state index in [1.54, 1.807) is 11.3 Å². The second-order valence-electron chi connectivity index (χ2n) is 5.56. The fourth-order valence-electron chi connectivity index (χ4n) is 3.68. The lowest BCUT2D eigenvalue weighted by Gasteiger charge is -2.34. The van der Waals surface area contributed by atoms with Gasteiger partial charge in [0.2, 0.25) is 0 Å². The van der Waals surface area contributed by atoms with E-state index in [-0.39, 0.29) is 5.91 Å². The molecule has 0 bridgehead atoms. The Balaban J connectivity index is 1.76. The van der Waals surface area contributed by atoms with Crippen molar-refractivity contribution in [1.29, 1.82) is 0 Å². The maximum absolute atomic E-state index is 12.6. The molecule has 2 fully saturated rings. The van der Waals surface area contributed by atoms with Gasteiger partial charge < -0.3 is 4.90 Å². The highest BCUT2D eigenvalue weighted by molar-refractivity contribution is 7.08. The minimum Gasteiger partial charge on any atom is -0.334 e. The van der Waals surface area contributed by atoms with Gasteiger partial charge in [0.1, 0.15) is 0 Å². The first-order valence-corrected chi connectivity index (χ1v) is 8.32. The molecule has 2 aliphatic heterocycles. The minimum atomic E-state index is 0.242. The molecule has 1 aromatic rings. The zero-order valence-corrected chi connectivity index (χ0v) is 12.4. The molecule has 104 valence electrons. The average Bonchev–Trinajstić information content (AvgIpc) is 3.16. The van der Waals surface area contributed by atoms with E-state index in [4.69, 9.17) is 0 Å². The fraction of sp³-hybridized carbons (Fsp3) is 0.667. The van der Waals surface area contributed by atoms with Crippen molar-refractivity contribution in [3.05, 3.63) is 22.4 Å². The number of rotatable bonds is 3. The van der Waals surface area contributed by atoms with Crippen molar-refractivity contribution in [3.8, 4) is 0 Å². The highest BCUT2D eigenvalue weighted by Crippen LogP contribution is 2.31. The minimum absolute atomic E-state index is 0.242. The van der Waals surface area contributed by atoms with E-state index in [0.717, 1.165) is 25.1 Å². The monoisotopic (exact) mass is 278 g/mol. The van der Waals surface area contributed by atoms with Gasteiger partial charge in [-0.15, -0.1) is 0 Å². The molecule has 0 radical (unpaired) electrons. The van der Waals surface area contributed by atoms with Gasteiger partial charge in [-0.05, 0) is 50.2 Å². The third kappa shape index (κ3) is 2.43. The number of hydrogen-bond donors (Lipinski definition) is 0. The summed E-state index contributed by atoms with van der Waals surface area (Å²) in [5, 5.41) is 3.97. The van der Waals surface area contributed by atoms with Gasteiger partial charge in [0.05, 0.1) is 5.56 Å². The fourth-order valence-corrected chi connectivity index (χ4v) is 4.31. The number of likely N-dealkylation sites (N-methyl/N-ethyl adjacent to an activating group) is 1. The third-order valence-corrected chi connectivity index (χ3v) is 5.28. The molecule has 0 aliphatic carbocycles. The molecule has 2 atom stereocenters. The van der Waals surface area contributed by atoms with E-state index in [1.807, 2.05) is 16.8 Å². The van der Waals surface area contributed by atoms with Gasteiger partial charge in [-0.2, -0.15) is 11.3 Å². The molecule has 3 rings (SSSR count). The topological polar surface area (TPSA) is 23.6 Å². The molecule has 4 heteroatoms. The molecule has 0 aromatic carbocycles. The molecule has 1 amide bonds. The smallest absolute Gasteiger partial charge is 0.255 e. The molecule has 0 spiro atoms. The first-order chi connectivity index (χ1) is 9.31. The van der Waals surface area contributed by atoms with Gasteiger partial charge in [0, 0.05) is 24.0 Å². The van der Waals surface area contributed by atoms with Crippen LogP contribution in [0.5, 0.6) is 0 Å². The SMILES string of the molecule is CCN1CCC[C@@H]1[C@@H]1CCCN1C(=O)c1ccsc1. The highest BCUT2D eigenvalue weighted by atomic mass is 32.1. The summed E-state index contributed by atoms with van der Waals surface area (Å²) in [5.41, 5.74) is 0.873. The Morgan fingerprint density at radius 1 is 1.32 bits per heavy atom.